The fourth-order valence-electron chi connectivity index (χ4n) is 2.93. The van der Waals surface area contributed by atoms with Crippen LogP contribution in [0.1, 0.15) is 16.2 Å². The van der Waals surface area contributed by atoms with Crippen LogP contribution in [0.2, 0.25) is 0 Å². The van der Waals surface area contributed by atoms with Gasteiger partial charge in [-0.3, -0.25) is 9.59 Å². The molecule has 0 saturated heterocycles. The predicted octanol–water partition coefficient (Wildman–Crippen LogP) is 1.74. The fraction of sp³-hybridized carbons (Fsp3) is 0.200. The number of benzene rings is 1. The van der Waals surface area contributed by atoms with Crippen LogP contribution in [0.5, 0.6) is 11.5 Å². The quantitative estimate of drug-likeness (QED) is 0.530. The van der Waals surface area contributed by atoms with Gasteiger partial charge in [-0.25, -0.2) is 0 Å². The summed E-state index contributed by atoms with van der Waals surface area (Å²) in [5, 5.41) is 17.9. The second-order valence-electron chi connectivity index (χ2n) is 6.37. The van der Waals surface area contributed by atoms with E-state index in [1.165, 1.54) is 17.6 Å². The number of amides is 2. The van der Waals surface area contributed by atoms with Crippen molar-refractivity contribution in [2.24, 2.45) is 0 Å². The third kappa shape index (κ3) is 3.96. The van der Waals surface area contributed by atoms with Crippen molar-refractivity contribution in [1.82, 2.24) is 10.6 Å². The van der Waals surface area contributed by atoms with Crippen molar-refractivity contribution in [2.45, 2.75) is 12.1 Å². The summed E-state index contributed by atoms with van der Waals surface area (Å²) in [5.74, 6) is -0.145. The molecule has 9 heteroatoms. The molecule has 0 spiro atoms. The van der Waals surface area contributed by atoms with Crippen molar-refractivity contribution in [3.63, 3.8) is 0 Å². The monoisotopic (exact) mass is 414 g/mol. The lowest BCUT2D eigenvalue weighted by Crippen LogP contribution is -2.46. The molecule has 2 aromatic heterocycles. The van der Waals surface area contributed by atoms with E-state index < -0.39 is 17.4 Å². The van der Waals surface area contributed by atoms with Crippen molar-refractivity contribution in [3.05, 3.63) is 70.3 Å². The zero-order valence-electron chi connectivity index (χ0n) is 15.2. The Balaban J connectivity index is 1.36. The van der Waals surface area contributed by atoms with Crippen LogP contribution >= 0.6 is 11.3 Å². The molecule has 3 aromatic rings. The van der Waals surface area contributed by atoms with E-state index in [0.29, 0.717) is 16.4 Å². The Kier molecular flexibility index (Phi) is 5.24. The highest BCUT2D eigenvalue weighted by molar-refractivity contribution is 7.10. The number of carbonyl (C=O) groups is 2. The number of nitrogens with one attached hydrogen (secondary N) is 2. The van der Waals surface area contributed by atoms with Gasteiger partial charge in [0, 0.05) is 11.4 Å². The van der Waals surface area contributed by atoms with E-state index in [4.69, 9.17) is 13.9 Å². The van der Waals surface area contributed by atoms with Gasteiger partial charge in [0.25, 0.3) is 0 Å². The van der Waals surface area contributed by atoms with E-state index in [0.717, 1.165) is 5.56 Å². The minimum Gasteiger partial charge on any atom is -0.466 e. The largest absolute Gasteiger partial charge is 0.466 e. The second kappa shape index (κ2) is 7.98. The Morgan fingerprint density at radius 2 is 1.90 bits per heavy atom. The summed E-state index contributed by atoms with van der Waals surface area (Å²) in [4.78, 5) is 25.0. The highest BCUT2D eigenvalue weighted by Gasteiger charge is 2.36. The first-order chi connectivity index (χ1) is 14.1. The molecule has 8 nitrogen and oxygen atoms in total. The summed E-state index contributed by atoms with van der Waals surface area (Å²) in [6.07, 6.45) is 1.44. The molecular formula is C20H18N2O6S. The molecule has 0 radical (unpaired) electrons. The van der Waals surface area contributed by atoms with Crippen LogP contribution < -0.4 is 20.1 Å². The number of hydrogen-bond donors (Lipinski definition) is 3. The van der Waals surface area contributed by atoms with E-state index in [1.54, 1.807) is 42.5 Å². The molecule has 1 unspecified atom stereocenters. The molecule has 0 aliphatic carbocycles. The van der Waals surface area contributed by atoms with Gasteiger partial charge in [0.05, 0.1) is 12.8 Å². The topological polar surface area (TPSA) is 110 Å². The van der Waals surface area contributed by atoms with Crippen LogP contribution in [-0.4, -0.2) is 30.3 Å². The molecule has 1 aromatic carbocycles. The molecule has 0 fully saturated rings. The first kappa shape index (κ1) is 19.0. The Morgan fingerprint density at radius 1 is 1.07 bits per heavy atom. The maximum absolute atomic E-state index is 12.2. The van der Waals surface area contributed by atoms with Gasteiger partial charge in [-0.05, 0) is 41.3 Å². The summed E-state index contributed by atoms with van der Waals surface area (Å²) in [6.45, 7) is 0.101. The summed E-state index contributed by atoms with van der Waals surface area (Å²) < 4.78 is 15.9. The Labute approximate surface area is 170 Å². The lowest BCUT2D eigenvalue weighted by molar-refractivity contribution is -0.139. The van der Waals surface area contributed by atoms with Gasteiger partial charge in [-0.15, -0.1) is 11.3 Å². The van der Waals surface area contributed by atoms with Crippen molar-refractivity contribution in [2.75, 3.05) is 13.3 Å². The maximum Gasteiger partial charge on any atom is 0.309 e. The van der Waals surface area contributed by atoms with Gasteiger partial charge in [0.1, 0.15) is 5.76 Å². The SMILES string of the molecule is O=C(NCc1ccc2c(c1)OCO2)C(=O)NCC(O)(c1ccco1)c1cccs1. The van der Waals surface area contributed by atoms with Crippen LogP contribution in [0, 0.1) is 0 Å². The zero-order valence-corrected chi connectivity index (χ0v) is 16.0. The van der Waals surface area contributed by atoms with Crippen molar-refractivity contribution in [3.8, 4) is 11.5 Å². The van der Waals surface area contributed by atoms with Gasteiger partial charge >= 0.3 is 11.8 Å². The first-order valence-corrected chi connectivity index (χ1v) is 9.69. The molecular weight excluding hydrogens is 396 g/mol. The lowest BCUT2D eigenvalue weighted by atomic mass is 9.98. The number of thiophene rings is 1. The standard InChI is InChI=1S/C20H18N2O6S/c23-18(21-10-13-5-6-14-15(9-13)28-12-27-14)19(24)22-11-20(25,16-3-1-7-26-16)17-4-2-8-29-17/h1-9,25H,10-12H2,(H,21,23)(H,22,24). The molecule has 0 saturated carbocycles. The van der Waals surface area contributed by atoms with Gasteiger partial charge in [-0.1, -0.05) is 12.1 Å². The molecule has 2 amide bonds. The maximum atomic E-state index is 12.2. The molecule has 1 aliphatic heterocycles. The third-order valence-electron chi connectivity index (χ3n) is 4.46. The highest BCUT2D eigenvalue weighted by Crippen LogP contribution is 2.33. The average Bonchev–Trinajstić information content (AvgIpc) is 3.51. The predicted molar refractivity (Wildman–Crippen MR) is 103 cm³/mol. The molecule has 1 atom stereocenters. The summed E-state index contributed by atoms with van der Waals surface area (Å²) >= 11 is 1.32. The number of fused-ring (bicyclic) bond motifs is 1. The normalized spacial score (nSPS) is 14.2. The number of ether oxygens (including phenoxy) is 2. The number of hydrogen-bond acceptors (Lipinski definition) is 7. The van der Waals surface area contributed by atoms with E-state index >= 15 is 0 Å². The third-order valence-corrected chi connectivity index (χ3v) is 5.48. The van der Waals surface area contributed by atoms with Gasteiger partial charge in [0.2, 0.25) is 6.79 Å². The number of carbonyl (C=O) groups excluding carboxylic acids is 2. The Hall–Kier alpha value is -3.30. The van der Waals surface area contributed by atoms with Crippen LogP contribution in [0.3, 0.4) is 0 Å². The number of aliphatic hydroxyl groups is 1. The molecule has 1 aliphatic rings. The van der Waals surface area contributed by atoms with Gasteiger partial charge in [0.15, 0.2) is 17.1 Å². The van der Waals surface area contributed by atoms with Crippen molar-refractivity contribution in [1.29, 1.82) is 0 Å². The van der Waals surface area contributed by atoms with E-state index in [9.17, 15) is 14.7 Å². The van der Waals surface area contributed by atoms with Crippen molar-refractivity contribution >= 4 is 23.2 Å². The second-order valence-corrected chi connectivity index (χ2v) is 7.32. The smallest absolute Gasteiger partial charge is 0.309 e. The zero-order chi connectivity index (χ0) is 20.3. The molecule has 4 rings (SSSR count). The average molecular weight is 414 g/mol. The molecule has 3 heterocycles. The Morgan fingerprint density at radius 3 is 2.66 bits per heavy atom. The van der Waals surface area contributed by atoms with Crippen LogP contribution in [0.25, 0.3) is 0 Å². The summed E-state index contributed by atoms with van der Waals surface area (Å²) in [7, 11) is 0. The number of rotatable bonds is 6. The van der Waals surface area contributed by atoms with Crippen LogP contribution in [0.4, 0.5) is 0 Å². The molecule has 150 valence electrons. The minimum absolute atomic E-state index is 0.149. The fourth-order valence-corrected chi connectivity index (χ4v) is 3.75. The highest BCUT2D eigenvalue weighted by atomic mass is 32.1. The van der Waals surface area contributed by atoms with E-state index in [1.807, 2.05) is 5.38 Å². The number of furan rings is 1. The molecule has 29 heavy (non-hydrogen) atoms. The van der Waals surface area contributed by atoms with Gasteiger partial charge in [-0.2, -0.15) is 0 Å². The lowest BCUT2D eigenvalue weighted by Gasteiger charge is -2.25. The van der Waals surface area contributed by atoms with Crippen molar-refractivity contribution < 1.29 is 28.6 Å². The van der Waals surface area contributed by atoms with Gasteiger partial charge < -0.3 is 29.6 Å². The Bertz CT molecular complexity index is 966. The first-order valence-electron chi connectivity index (χ1n) is 8.81. The van der Waals surface area contributed by atoms with E-state index in [-0.39, 0.29) is 25.6 Å². The molecule has 3 N–H and O–H groups in total. The molecule has 0 bridgehead atoms. The minimum atomic E-state index is -1.56. The summed E-state index contributed by atoms with van der Waals surface area (Å²) in [6, 6.07) is 12.0. The van der Waals surface area contributed by atoms with Crippen LogP contribution in [-0.2, 0) is 21.7 Å². The van der Waals surface area contributed by atoms with E-state index in [2.05, 4.69) is 10.6 Å². The van der Waals surface area contributed by atoms with Crippen LogP contribution in [0.15, 0.2) is 58.5 Å². The summed E-state index contributed by atoms with van der Waals surface area (Å²) in [5.41, 5.74) is -0.800.